The number of hydrogen-bond acceptors (Lipinski definition) is 6. The zero-order chi connectivity index (χ0) is 21.8. The fourth-order valence-corrected chi connectivity index (χ4v) is 3.84. The van der Waals surface area contributed by atoms with E-state index < -0.39 is 0 Å². The first kappa shape index (κ1) is 20.8. The van der Waals surface area contributed by atoms with E-state index in [0.29, 0.717) is 17.5 Å². The number of ether oxygens (including phenoxy) is 2. The summed E-state index contributed by atoms with van der Waals surface area (Å²) in [7, 11) is 1.55. The molecule has 0 bridgehead atoms. The molecule has 160 valence electrons. The molecule has 1 atom stereocenters. The number of carbonyl (C=O) groups is 1. The zero-order valence-corrected chi connectivity index (χ0v) is 18.0. The Hall–Kier alpha value is -3.48. The molecule has 1 aliphatic rings. The second-order valence-corrected chi connectivity index (χ2v) is 7.87. The summed E-state index contributed by atoms with van der Waals surface area (Å²) in [4.78, 5) is 25.5. The van der Waals surface area contributed by atoms with Crippen LogP contribution in [0, 0.1) is 0 Å². The molecule has 0 aliphatic heterocycles. The van der Waals surface area contributed by atoms with Gasteiger partial charge in [0.15, 0.2) is 0 Å². The van der Waals surface area contributed by atoms with Gasteiger partial charge in [0.1, 0.15) is 0 Å². The van der Waals surface area contributed by atoms with Crippen molar-refractivity contribution in [2.45, 2.75) is 45.3 Å². The van der Waals surface area contributed by atoms with Crippen molar-refractivity contribution >= 4 is 5.91 Å². The van der Waals surface area contributed by atoms with Crippen molar-refractivity contribution in [2.75, 3.05) is 7.11 Å². The molecule has 0 fully saturated rings. The maximum absolute atomic E-state index is 12.8. The molecule has 31 heavy (non-hydrogen) atoms. The lowest BCUT2D eigenvalue weighted by Gasteiger charge is -2.27. The number of rotatable bonds is 6. The number of fused-ring (bicyclic) bond motifs is 1. The second-order valence-electron chi connectivity index (χ2n) is 7.87. The molecule has 1 N–H and O–H groups in total. The summed E-state index contributed by atoms with van der Waals surface area (Å²) in [6, 6.07) is 10.2. The van der Waals surface area contributed by atoms with E-state index in [-0.39, 0.29) is 18.1 Å². The minimum Gasteiger partial charge on any atom is -0.475 e. The van der Waals surface area contributed by atoms with Gasteiger partial charge in [0.25, 0.3) is 5.91 Å². The van der Waals surface area contributed by atoms with Crippen LogP contribution in [0.4, 0.5) is 0 Å². The molecule has 1 aromatic carbocycles. The summed E-state index contributed by atoms with van der Waals surface area (Å²) in [5, 5.41) is 3.16. The Bertz CT molecular complexity index is 1050. The fraction of sp³-hybridized carbons (Fsp3) is 0.333. The highest BCUT2D eigenvalue weighted by atomic mass is 16.5. The van der Waals surface area contributed by atoms with Gasteiger partial charge in [-0.05, 0) is 55.9 Å². The van der Waals surface area contributed by atoms with Crippen LogP contribution in [-0.2, 0) is 12.8 Å². The highest BCUT2D eigenvalue weighted by molar-refractivity contribution is 5.94. The molecule has 2 aromatic heterocycles. The first-order valence-corrected chi connectivity index (χ1v) is 10.4. The van der Waals surface area contributed by atoms with Gasteiger partial charge >= 0.3 is 6.01 Å². The predicted molar refractivity (Wildman–Crippen MR) is 117 cm³/mol. The molecule has 0 unspecified atom stereocenters. The van der Waals surface area contributed by atoms with Crippen LogP contribution in [0.15, 0.2) is 48.9 Å². The van der Waals surface area contributed by atoms with Crippen molar-refractivity contribution in [1.82, 2.24) is 20.3 Å². The minimum absolute atomic E-state index is 0.0415. The number of benzene rings is 1. The van der Waals surface area contributed by atoms with E-state index in [1.54, 1.807) is 37.8 Å². The first-order valence-electron chi connectivity index (χ1n) is 10.4. The quantitative estimate of drug-likeness (QED) is 0.658. The molecule has 1 aliphatic carbocycles. The molecule has 0 spiro atoms. The lowest BCUT2D eigenvalue weighted by Crippen LogP contribution is -2.39. The third-order valence-corrected chi connectivity index (χ3v) is 5.30. The summed E-state index contributed by atoms with van der Waals surface area (Å²) in [5.74, 6) is 0.395. The highest BCUT2D eigenvalue weighted by Crippen LogP contribution is 2.31. The van der Waals surface area contributed by atoms with E-state index in [9.17, 15) is 4.79 Å². The normalized spacial score (nSPS) is 15.3. The average Bonchev–Trinajstić information content (AvgIpc) is 2.79. The molecule has 7 heteroatoms. The summed E-state index contributed by atoms with van der Waals surface area (Å²) < 4.78 is 10.6. The third-order valence-electron chi connectivity index (χ3n) is 5.30. The van der Waals surface area contributed by atoms with E-state index >= 15 is 0 Å². The van der Waals surface area contributed by atoms with Crippen molar-refractivity contribution < 1.29 is 14.3 Å². The Morgan fingerprint density at radius 1 is 1.10 bits per heavy atom. The van der Waals surface area contributed by atoms with Crippen molar-refractivity contribution in [2.24, 2.45) is 0 Å². The number of carbonyl (C=O) groups excluding carboxylic acids is 1. The SMILES string of the molecule is COc1ncc(-c2cccc3c2C[C@H](NC(=O)c2ccc(OC(C)C)nc2)CC3)cn1. The molecule has 0 radical (unpaired) electrons. The van der Waals surface area contributed by atoms with Gasteiger partial charge in [-0.15, -0.1) is 0 Å². The number of aryl methyl sites for hydroxylation is 1. The number of nitrogens with zero attached hydrogens (tertiary/aromatic N) is 3. The highest BCUT2D eigenvalue weighted by Gasteiger charge is 2.23. The van der Waals surface area contributed by atoms with Gasteiger partial charge in [0.2, 0.25) is 5.88 Å². The molecular weight excluding hydrogens is 392 g/mol. The van der Waals surface area contributed by atoms with Crippen molar-refractivity contribution in [3.05, 3.63) is 65.6 Å². The van der Waals surface area contributed by atoms with Crippen LogP contribution >= 0.6 is 0 Å². The number of aromatic nitrogens is 3. The molecular formula is C24H26N4O3. The average molecular weight is 418 g/mol. The van der Waals surface area contributed by atoms with Crippen LogP contribution in [0.25, 0.3) is 11.1 Å². The standard InChI is InChI=1S/C24H26N4O3/c1-15(2)31-22-10-8-17(12-25-22)23(29)28-19-9-7-16-5-4-6-20(21(16)11-19)18-13-26-24(30-3)27-14-18/h4-6,8,10,12-15,19H,7,9,11H2,1-3H3,(H,28,29)/t19-/m1/s1. The smallest absolute Gasteiger partial charge is 0.316 e. The number of amides is 1. The maximum Gasteiger partial charge on any atom is 0.316 e. The van der Waals surface area contributed by atoms with Crippen molar-refractivity contribution in [3.63, 3.8) is 0 Å². The van der Waals surface area contributed by atoms with Crippen LogP contribution in [0.3, 0.4) is 0 Å². The molecule has 3 aromatic rings. The predicted octanol–water partition coefficient (Wildman–Crippen LogP) is 3.62. The van der Waals surface area contributed by atoms with Gasteiger partial charge in [-0.25, -0.2) is 15.0 Å². The molecule has 4 rings (SSSR count). The Balaban J connectivity index is 1.48. The van der Waals surface area contributed by atoms with Gasteiger partial charge in [0.05, 0.1) is 18.8 Å². The maximum atomic E-state index is 12.8. The third kappa shape index (κ3) is 4.82. The van der Waals surface area contributed by atoms with Gasteiger partial charge in [-0.2, -0.15) is 0 Å². The zero-order valence-electron chi connectivity index (χ0n) is 18.0. The summed E-state index contributed by atoms with van der Waals surface area (Å²) in [6.45, 7) is 3.88. The molecule has 0 saturated carbocycles. The van der Waals surface area contributed by atoms with Gasteiger partial charge in [-0.3, -0.25) is 4.79 Å². The summed E-state index contributed by atoms with van der Waals surface area (Å²) >= 11 is 0. The number of hydrogen-bond donors (Lipinski definition) is 1. The van der Waals surface area contributed by atoms with E-state index in [4.69, 9.17) is 9.47 Å². The molecule has 1 amide bonds. The van der Waals surface area contributed by atoms with Crippen LogP contribution in [0.2, 0.25) is 0 Å². The number of methoxy groups -OCH3 is 1. The Morgan fingerprint density at radius 3 is 2.58 bits per heavy atom. The van der Waals surface area contributed by atoms with Gasteiger partial charge in [0, 0.05) is 36.3 Å². The topological polar surface area (TPSA) is 86.2 Å². The number of pyridine rings is 1. The van der Waals surface area contributed by atoms with Crippen molar-refractivity contribution in [3.8, 4) is 23.0 Å². The van der Waals surface area contributed by atoms with E-state index in [0.717, 1.165) is 30.4 Å². The van der Waals surface area contributed by atoms with Crippen LogP contribution in [-0.4, -0.2) is 40.1 Å². The van der Waals surface area contributed by atoms with Gasteiger partial charge in [-0.1, -0.05) is 18.2 Å². The lowest BCUT2D eigenvalue weighted by molar-refractivity contribution is 0.0933. The van der Waals surface area contributed by atoms with Crippen molar-refractivity contribution in [1.29, 1.82) is 0 Å². The Labute approximate surface area is 181 Å². The lowest BCUT2D eigenvalue weighted by atomic mass is 9.84. The van der Waals surface area contributed by atoms with Crippen LogP contribution < -0.4 is 14.8 Å². The summed E-state index contributed by atoms with van der Waals surface area (Å²) in [5.41, 5.74) is 5.09. The number of nitrogens with one attached hydrogen (secondary N) is 1. The molecule has 7 nitrogen and oxygen atoms in total. The molecule has 0 saturated heterocycles. The monoisotopic (exact) mass is 418 g/mol. The fourth-order valence-electron chi connectivity index (χ4n) is 3.84. The largest absolute Gasteiger partial charge is 0.475 e. The summed E-state index contributed by atoms with van der Waals surface area (Å²) in [6.07, 6.45) is 7.70. The van der Waals surface area contributed by atoms with E-state index in [1.807, 2.05) is 13.8 Å². The first-order chi connectivity index (χ1) is 15.0. The Morgan fingerprint density at radius 2 is 1.90 bits per heavy atom. The van der Waals surface area contributed by atoms with E-state index in [1.165, 1.54) is 11.1 Å². The van der Waals surface area contributed by atoms with E-state index in [2.05, 4.69) is 38.5 Å². The Kier molecular flexibility index (Phi) is 6.11. The second kappa shape index (κ2) is 9.12. The van der Waals surface area contributed by atoms with Gasteiger partial charge < -0.3 is 14.8 Å². The molecule has 2 heterocycles. The van der Waals surface area contributed by atoms with Crippen LogP contribution in [0.5, 0.6) is 11.9 Å². The minimum atomic E-state index is -0.123. The van der Waals surface area contributed by atoms with Crippen LogP contribution in [0.1, 0.15) is 41.8 Å².